The number of amides is 1. The van der Waals surface area contributed by atoms with Crippen LogP contribution in [0.2, 0.25) is 0 Å². The molecule has 0 radical (unpaired) electrons. The van der Waals surface area contributed by atoms with E-state index >= 15 is 0 Å². The molecule has 0 aliphatic carbocycles. The van der Waals surface area contributed by atoms with Crippen LogP contribution in [0.4, 0.5) is 5.69 Å². The molecule has 100 valence electrons. The van der Waals surface area contributed by atoms with Crippen LogP contribution in [0.3, 0.4) is 0 Å². The number of nitrogens with two attached hydrogens (primary N) is 1. The van der Waals surface area contributed by atoms with Gasteiger partial charge in [-0.15, -0.1) is 0 Å². The summed E-state index contributed by atoms with van der Waals surface area (Å²) in [6.07, 6.45) is 2.25. The molecule has 4 heteroatoms. The molecule has 0 aromatic heterocycles. The molecule has 18 heavy (non-hydrogen) atoms. The third kappa shape index (κ3) is 5.68. The van der Waals surface area contributed by atoms with Crippen LogP contribution >= 0.6 is 0 Å². The van der Waals surface area contributed by atoms with Gasteiger partial charge in [-0.25, -0.2) is 0 Å². The molecule has 0 aliphatic rings. The molecule has 1 aromatic rings. The second kappa shape index (κ2) is 7.71. The van der Waals surface area contributed by atoms with Crippen molar-refractivity contribution in [1.82, 2.24) is 10.2 Å². The lowest BCUT2D eigenvalue weighted by Gasteiger charge is -2.10. The van der Waals surface area contributed by atoms with Crippen LogP contribution in [0.1, 0.15) is 18.4 Å². The van der Waals surface area contributed by atoms with Gasteiger partial charge in [0.25, 0.3) is 0 Å². The van der Waals surface area contributed by atoms with Crippen LogP contribution < -0.4 is 11.1 Å². The molecule has 0 bridgehead atoms. The van der Waals surface area contributed by atoms with E-state index in [2.05, 4.69) is 5.32 Å². The van der Waals surface area contributed by atoms with E-state index in [1.54, 1.807) is 0 Å². The van der Waals surface area contributed by atoms with Gasteiger partial charge >= 0.3 is 0 Å². The fourth-order valence-electron chi connectivity index (χ4n) is 1.71. The summed E-state index contributed by atoms with van der Waals surface area (Å²) in [7, 11) is 3.98. The molecule has 3 N–H and O–H groups in total. The zero-order valence-corrected chi connectivity index (χ0v) is 11.3. The smallest absolute Gasteiger partial charge is 0.220 e. The maximum atomic E-state index is 11.5. The SMILES string of the molecule is CN(C)CCNC(=O)CCCc1ccccc1N. The highest BCUT2D eigenvalue weighted by atomic mass is 16.1. The molecule has 1 rings (SSSR count). The Morgan fingerprint density at radius 3 is 2.72 bits per heavy atom. The highest BCUT2D eigenvalue weighted by molar-refractivity contribution is 5.75. The number of para-hydroxylation sites is 1. The molecule has 0 atom stereocenters. The highest BCUT2D eigenvalue weighted by Crippen LogP contribution is 2.13. The van der Waals surface area contributed by atoms with Crippen LogP contribution in [0.15, 0.2) is 24.3 Å². The van der Waals surface area contributed by atoms with Crippen LogP contribution in [-0.4, -0.2) is 38.0 Å². The van der Waals surface area contributed by atoms with Crippen molar-refractivity contribution in [2.75, 3.05) is 32.9 Å². The van der Waals surface area contributed by atoms with Crippen molar-refractivity contribution < 1.29 is 4.79 Å². The first kappa shape index (κ1) is 14.5. The summed E-state index contributed by atoms with van der Waals surface area (Å²) in [5.41, 5.74) is 7.78. The standard InChI is InChI=1S/C14H23N3O/c1-17(2)11-10-16-14(18)9-5-7-12-6-3-4-8-13(12)15/h3-4,6,8H,5,7,9-11,15H2,1-2H3,(H,16,18). The van der Waals surface area contributed by atoms with Crippen LogP contribution in [0, 0.1) is 0 Å². The Hall–Kier alpha value is -1.55. The summed E-state index contributed by atoms with van der Waals surface area (Å²) >= 11 is 0. The van der Waals surface area contributed by atoms with Gasteiger partial charge in [0.05, 0.1) is 0 Å². The van der Waals surface area contributed by atoms with Gasteiger partial charge in [-0.3, -0.25) is 4.79 Å². The molecule has 4 nitrogen and oxygen atoms in total. The molecule has 0 heterocycles. The molecule has 0 saturated carbocycles. The molecule has 1 amide bonds. The number of nitrogen functional groups attached to an aromatic ring is 1. The van der Waals surface area contributed by atoms with E-state index in [1.165, 1.54) is 0 Å². The van der Waals surface area contributed by atoms with Gasteiger partial charge < -0.3 is 16.0 Å². The zero-order valence-electron chi connectivity index (χ0n) is 11.3. The first-order valence-corrected chi connectivity index (χ1v) is 6.34. The van der Waals surface area contributed by atoms with Gasteiger partial charge in [0.2, 0.25) is 5.91 Å². The number of anilines is 1. The van der Waals surface area contributed by atoms with Crippen molar-refractivity contribution in [3.63, 3.8) is 0 Å². The van der Waals surface area contributed by atoms with E-state index in [1.807, 2.05) is 43.3 Å². The number of nitrogens with one attached hydrogen (secondary N) is 1. The van der Waals surface area contributed by atoms with Crippen molar-refractivity contribution in [1.29, 1.82) is 0 Å². The fourth-order valence-corrected chi connectivity index (χ4v) is 1.71. The molecular formula is C14H23N3O. The summed E-state index contributed by atoms with van der Waals surface area (Å²) in [5.74, 6) is 0.117. The summed E-state index contributed by atoms with van der Waals surface area (Å²) < 4.78 is 0. The predicted molar refractivity (Wildman–Crippen MR) is 75.4 cm³/mol. The highest BCUT2D eigenvalue weighted by Gasteiger charge is 2.03. The quantitative estimate of drug-likeness (QED) is 0.715. The Morgan fingerprint density at radius 2 is 2.06 bits per heavy atom. The van der Waals surface area contributed by atoms with Gasteiger partial charge in [0.1, 0.15) is 0 Å². The lowest BCUT2D eigenvalue weighted by molar-refractivity contribution is -0.121. The summed E-state index contributed by atoms with van der Waals surface area (Å²) in [6, 6.07) is 7.81. The monoisotopic (exact) mass is 249 g/mol. The number of nitrogens with zero attached hydrogens (tertiary/aromatic N) is 1. The number of benzene rings is 1. The van der Waals surface area contributed by atoms with Crippen molar-refractivity contribution in [3.05, 3.63) is 29.8 Å². The number of hydrogen-bond acceptors (Lipinski definition) is 3. The van der Waals surface area contributed by atoms with Crippen molar-refractivity contribution >= 4 is 11.6 Å². The Morgan fingerprint density at radius 1 is 1.33 bits per heavy atom. The Kier molecular flexibility index (Phi) is 6.22. The van der Waals surface area contributed by atoms with Crippen LogP contribution in [-0.2, 0) is 11.2 Å². The molecule has 0 fully saturated rings. The largest absolute Gasteiger partial charge is 0.399 e. The number of carbonyl (C=O) groups excluding carboxylic acids is 1. The van der Waals surface area contributed by atoms with Gasteiger partial charge in [0, 0.05) is 25.2 Å². The Bertz CT molecular complexity index is 377. The second-order valence-electron chi connectivity index (χ2n) is 4.71. The van der Waals surface area contributed by atoms with Gasteiger partial charge in [-0.05, 0) is 38.6 Å². The van der Waals surface area contributed by atoms with E-state index in [4.69, 9.17) is 5.73 Å². The summed E-state index contributed by atoms with van der Waals surface area (Å²) in [5, 5.41) is 2.90. The number of aryl methyl sites for hydroxylation is 1. The predicted octanol–water partition coefficient (Wildman–Crippen LogP) is 1.27. The first-order chi connectivity index (χ1) is 8.59. The normalized spacial score (nSPS) is 10.6. The number of carbonyl (C=O) groups is 1. The summed E-state index contributed by atoms with van der Waals surface area (Å²) in [6.45, 7) is 1.58. The lowest BCUT2D eigenvalue weighted by Crippen LogP contribution is -2.31. The molecule has 1 aromatic carbocycles. The van der Waals surface area contributed by atoms with Crippen molar-refractivity contribution in [2.45, 2.75) is 19.3 Å². The van der Waals surface area contributed by atoms with E-state index in [-0.39, 0.29) is 5.91 Å². The molecule has 0 saturated heterocycles. The van der Waals surface area contributed by atoms with Crippen LogP contribution in [0.25, 0.3) is 0 Å². The third-order valence-electron chi connectivity index (χ3n) is 2.79. The fraction of sp³-hybridized carbons (Fsp3) is 0.500. The Labute approximate surface area is 109 Å². The molecule has 0 unspecified atom stereocenters. The topological polar surface area (TPSA) is 58.4 Å². The minimum Gasteiger partial charge on any atom is -0.399 e. The van der Waals surface area contributed by atoms with E-state index in [9.17, 15) is 4.79 Å². The Balaban J connectivity index is 2.18. The minimum absolute atomic E-state index is 0.117. The number of likely N-dealkylation sites (N-methyl/N-ethyl adjacent to an activating group) is 1. The van der Waals surface area contributed by atoms with E-state index < -0.39 is 0 Å². The molecule has 0 aliphatic heterocycles. The minimum atomic E-state index is 0.117. The molecule has 0 spiro atoms. The maximum Gasteiger partial charge on any atom is 0.220 e. The maximum absolute atomic E-state index is 11.5. The van der Waals surface area contributed by atoms with E-state index in [0.29, 0.717) is 13.0 Å². The second-order valence-corrected chi connectivity index (χ2v) is 4.71. The average molecular weight is 249 g/mol. The van der Waals surface area contributed by atoms with Gasteiger partial charge in [-0.2, -0.15) is 0 Å². The summed E-state index contributed by atoms with van der Waals surface area (Å²) in [4.78, 5) is 13.6. The van der Waals surface area contributed by atoms with Crippen molar-refractivity contribution in [2.24, 2.45) is 0 Å². The average Bonchev–Trinajstić information content (AvgIpc) is 2.31. The third-order valence-corrected chi connectivity index (χ3v) is 2.79. The number of rotatable bonds is 7. The zero-order chi connectivity index (χ0) is 13.4. The van der Waals surface area contributed by atoms with Crippen LogP contribution in [0.5, 0.6) is 0 Å². The van der Waals surface area contributed by atoms with Crippen molar-refractivity contribution in [3.8, 4) is 0 Å². The number of hydrogen-bond donors (Lipinski definition) is 2. The lowest BCUT2D eigenvalue weighted by atomic mass is 10.1. The first-order valence-electron chi connectivity index (χ1n) is 6.34. The van der Waals surface area contributed by atoms with E-state index in [0.717, 1.165) is 30.6 Å². The van der Waals surface area contributed by atoms with Gasteiger partial charge in [0.15, 0.2) is 0 Å². The molecular weight excluding hydrogens is 226 g/mol. The van der Waals surface area contributed by atoms with Gasteiger partial charge in [-0.1, -0.05) is 18.2 Å².